The first-order chi connectivity index (χ1) is 8.31. The monoisotopic (exact) mass is 240 g/mol. The predicted molar refractivity (Wildman–Crippen MR) is 60.2 cm³/mol. The van der Waals surface area contributed by atoms with E-state index in [1.807, 2.05) is 24.3 Å². The van der Waals surface area contributed by atoms with Gasteiger partial charge in [-0.05, 0) is 24.3 Å². The molecule has 0 amide bonds. The van der Waals surface area contributed by atoms with Crippen LogP contribution in [0.15, 0.2) is 24.3 Å². The Morgan fingerprint density at radius 3 is 2.59 bits per heavy atom. The van der Waals surface area contributed by atoms with Gasteiger partial charge in [0.1, 0.15) is 24.2 Å². The van der Waals surface area contributed by atoms with Gasteiger partial charge in [0.05, 0.1) is 20.3 Å². The van der Waals surface area contributed by atoms with Crippen molar-refractivity contribution in [2.75, 3.05) is 26.9 Å². The Morgan fingerprint density at radius 1 is 1.29 bits per heavy atom. The summed E-state index contributed by atoms with van der Waals surface area (Å²) in [6, 6.07) is 7.33. The minimum absolute atomic E-state index is 0.126. The third kappa shape index (κ3) is 3.33. The Kier molecular flexibility index (Phi) is 4.19. The first kappa shape index (κ1) is 12.2. The summed E-state index contributed by atoms with van der Waals surface area (Å²) < 4.78 is 21.1. The summed E-state index contributed by atoms with van der Waals surface area (Å²) in [5, 5.41) is 8.82. The molecule has 1 heterocycles. The lowest BCUT2D eigenvalue weighted by Crippen LogP contribution is -2.21. The summed E-state index contributed by atoms with van der Waals surface area (Å²) in [7, 11) is 1.62. The first-order valence-corrected chi connectivity index (χ1v) is 5.46. The third-order valence-corrected chi connectivity index (χ3v) is 2.46. The van der Waals surface area contributed by atoms with Crippen LogP contribution in [0, 0.1) is 0 Å². The van der Waals surface area contributed by atoms with E-state index in [1.54, 1.807) is 7.11 Å². The van der Waals surface area contributed by atoms with Crippen LogP contribution in [-0.2, 0) is 9.47 Å². The second-order valence-electron chi connectivity index (χ2n) is 3.69. The maximum atomic E-state index is 8.82. The number of hydrogen-bond donors (Lipinski definition) is 1. The van der Waals surface area contributed by atoms with Crippen molar-refractivity contribution in [1.82, 2.24) is 0 Å². The van der Waals surface area contributed by atoms with Crippen molar-refractivity contribution in [3.05, 3.63) is 24.3 Å². The average Bonchev–Trinajstić information content (AvgIpc) is 2.85. The molecular formula is C12H16O5. The van der Waals surface area contributed by atoms with Gasteiger partial charge in [-0.1, -0.05) is 0 Å². The highest BCUT2D eigenvalue weighted by molar-refractivity contribution is 5.31. The highest BCUT2D eigenvalue weighted by atomic mass is 16.7. The molecule has 1 aromatic carbocycles. The lowest BCUT2D eigenvalue weighted by Gasteiger charge is -2.11. The van der Waals surface area contributed by atoms with Gasteiger partial charge in [0.15, 0.2) is 6.29 Å². The van der Waals surface area contributed by atoms with E-state index in [-0.39, 0.29) is 12.7 Å². The van der Waals surface area contributed by atoms with Crippen LogP contribution in [0.4, 0.5) is 0 Å². The number of aliphatic hydroxyl groups is 1. The molecule has 0 radical (unpaired) electrons. The molecule has 1 N–H and O–H groups in total. The van der Waals surface area contributed by atoms with Gasteiger partial charge in [0.25, 0.3) is 0 Å². The number of benzene rings is 1. The molecule has 5 nitrogen and oxygen atoms in total. The molecule has 0 aromatic heterocycles. The zero-order valence-corrected chi connectivity index (χ0v) is 9.67. The molecule has 0 spiro atoms. The average molecular weight is 240 g/mol. The van der Waals surface area contributed by atoms with Crippen molar-refractivity contribution < 1.29 is 24.1 Å². The van der Waals surface area contributed by atoms with Crippen molar-refractivity contribution in [2.24, 2.45) is 0 Å². The lowest BCUT2D eigenvalue weighted by molar-refractivity contribution is -0.0916. The Labute approximate surface area is 99.9 Å². The van der Waals surface area contributed by atoms with Crippen LogP contribution >= 0.6 is 0 Å². The fraction of sp³-hybridized carbons (Fsp3) is 0.500. The van der Waals surface area contributed by atoms with Crippen LogP contribution in [0.25, 0.3) is 0 Å². The molecule has 1 aliphatic rings. The predicted octanol–water partition coefficient (Wildman–Crippen LogP) is 0.808. The highest BCUT2D eigenvalue weighted by Crippen LogP contribution is 2.18. The summed E-state index contributed by atoms with van der Waals surface area (Å²) in [6.45, 7) is 0.725. The van der Waals surface area contributed by atoms with Crippen molar-refractivity contribution in [1.29, 1.82) is 0 Å². The highest BCUT2D eigenvalue weighted by Gasteiger charge is 2.25. The van der Waals surface area contributed by atoms with E-state index in [0.29, 0.717) is 13.2 Å². The van der Waals surface area contributed by atoms with E-state index in [2.05, 4.69) is 0 Å². The maximum Gasteiger partial charge on any atom is 0.181 e. The molecule has 2 rings (SSSR count). The molecule has 17 heavy (non-hydrogen) atoms. The molecule has 94 valence electrons. The smallest absolute Gasteiger partial charge is 0.181 e. The molecule has 0 aliphatic carbocycles. The van der Waals surface area contributed by atoms with Gasteiger partial charge in [0.2, 0.25) is 0 Å². The van der Waals surface area contributed by atoms with E-state index in [9.17, 15) is 0 Å². The van der Waals surface area contributed by atoms with Crippen molar-refractivity contribution in [2.45, 2.75) is 12.4 Å². The van der Waals surface area contributed by atoms with Crippen LogP contribution in [0.2, 0.25) is 0 Å². The molecule has 5 heteroatoms. The number of methoxy groups -OCH3 is 1. The fourth-order valence-corrected chi connectivity index (χ4v) is 1.55. The van der Waals surface area contributed by atoms with E-state index in [0.717, 1.165) is 11.5 Å². The summed E-state index contributed by atoms with van der Waals surface area (Å²) in [5.41, 5.74) is 0. The molecule has 1 fully saturated rings. The van der Waals surface area contributed by atoms with Crippen LogP contribution in [0.1, 0.15) is 0 Å². The molecule has 0 saturated carbocycles. The van der Waals surface area contributed by atoms with E-state index < -0.39 is 6.29 Å². The van der Waals surface area contributed by atoms with Crippen LogP contribution in [-0.4, -0.2) is 44.4 Å². The summed E-state index contributed by atoms with van der Waals surface area (Å²) in [5.74, 6) is 1.54. The number of aliphatic hydroxyl groups excluding tert-OH is 1. The van der Waals surface area contributed by atoms with Gasteiger partial charge >= 0.3 is 0 Å². The van der Waals surface area contributed by atoms with Gasteiger partial charge in [-0.15, -0.1) is 0 Å². The first-order valence-electron chi connectivity index (χ1n) is 5.46. The summed E-state index contributed by atoms with van der Waals surface area (Å²) in [4.78, 5) is 0. The van der Waals surface area contributed by atoms with Gasteiger partial charge in [-0.3, -0.25) is 0 Å². The minimum Gasteiger partial charge on any atom is -0.497 e. The summed E-state index contributed by atoms with van der Waals surface area (Å²) in [6.07, 6.45) is -0.645. The Bertz CT molecular complexity index is 337. The van der Waals surface area contributed by atoms with Crippen molar-refractivity contribution in [3.8, 4) is 11.5 Å². The number of hydrogen-bond acceptors (Lipinski definition) is 5. The molecule has 0 bridgehead atoms. The molecule has 1 aliphatic heterocycles. The van der Waals surface area contributed by atoms with Crippen molar-refractivity contribution >= 4 is 0 Å². The largest absolute Gasteiger partial charge is 0.497 e. The number of ether oxygens (including phenoxy) is 4. The Hall–Kier alpha value is -1.30. The maximum absolute atomic E-state index is 8.82. The topological polar surface area (TPSA) is 57.2 Å². The van der Waals surface area contributed by atoms with Crippen molar-refractivity contribution in [3.63, 3.8) is 0 Å². The fourth-order valence-electron chi connectivity index (χ4n) is 1.55. The lowest BCUT2D eigenvalue weighted by atomic mass is 10.3. The quantitative estimate of drug-likeness (QED) is 0.825. The van der Waals surface area contributed by atoms with Gasteiger partial charge in [-0.2, -0.15) is 0 Å². The van der Waals surface area contributed by atoms with Gasteiger partial charge < -0.3 is 24.1 Å². The van der Waals surface area contributed by atoms with E-state index in [1.165, 1.54) is 0 Å². The van der Waals surface area contributed by atoms with Crippen LogP contribution < -0.4 is 9.47 Å². The van der Waals surface area contributed by atoms with Gasteiger partial charge in [0, 0.05) is 0 Å². The molecule has 2 atom stereocenters. The molecule has 1 aromatic rings. The zero-order chi connectivity index (χ0) is 12.1. The molecule has 1 saturated heterocycles. The third-order valence-electron chi connectivity index (χ3n) is 2.46. The molecular weight excluding hydrogens is 224 g/mol. The Balaban J connectivity index is 1.78. The summed E-state index contributed by atoms with van der Waals surface area (Å²) >= 11 is 0. The van der Waals surface area contributed by atoms with E-state index in [4.69, 9.17) is 24.1 Å². The second-order valence-corrected chi connectivity index (χ2v) is 3.69. The number of rotatable bonds is 5. The minimum atomic E-state index is -0.514. The molecule has 2 unspecified atom stereocenters. The van der Waals surface area contributed by atoms with E-state index >= 15 is 0 Å². The zero-order valence-electron chi connectivity index (χ0n) is 9.67. The van der Waals surface area contributed by atoms with Crippen LogP contribution in [0.3, 0.4) is 0 Å². The standard InChI is InChI=1S/C12H16O5/c1-14-9-2-4-10(5-3-9)15-7-11-8-16-12(6-13)17-11/h2-5,11-13H,6-8H2,1H3. The van der Waals surface area contributed by atoms with Gasteiger partial charge in [-0.25, -0.2) is 0 Å². The normalized spacial score (nSPS) is 23.6. The second kappa shape index (κ2) is 5.86. The van der Waals surface area contributed by atoms with Crippen LogP contribution in [0.5, 0.6) is 11.5 Å². The Morgan fingerprint density at radius 2 is 2.00 bits per heavy atom. The SMILES string of the molecule is COc1ccc(OCC2COC(CO)O2)cc1.